The molecule has 0 aromatic heterocycles. The van der Waals surface area contributed by atoms with Crippen molar-refractivity contribution in [3.63, 3.8) is 0 Å². The second-order valence-electron chi connectivity index (χ2n) is 4.19. The SMILES string of the molecule is CCS(=O)CCNCC1Cc2ccccc2S1. The molecule has 0 aliphatic carbocycles. The molecule has 0 amide bonds. The highest BCUT2D eigenvalue weighted by molar-refractivity contribution is 8.00. The number of thioether (sulfide) groups is 1. The van der Waals surface area contributed by atoms with E-state index in [1.807, 2.05) is 18.7 Å². The van der Waals surface area contributed by atoms with Crippen molar-refractivity contribution >= 4 is 22.6 Å². The van der Waals surface area contributed by atoms with Gasteiger partial charge in [-0.2, -0.15) is 0 Å². The summed E-state index contributed by atoms with van der Waals surface area (Å²) < 4.78 is 11.3. The van der Waals surface area contributed by atoms with E-state index >= 15 is 0 Å². The first-order valence-electron chi connectivity index (χ1n) is 6.10. The Bertz CT molecular complexity index is 370. The smallest absolute Gasteiger partial charge is 0.0359 e. The molecule has 1 N–H and O–H groups in total. The molecular weight excluding hydrogens is 250 g/mol. The Balaban J connectivity index is 1.68. The van der Waals surface area contributed by atoms with Crippen molar-refractivity contribution in [2.75, 3.05) is 24.6 Å². The zero-order valence-electron chi connectivity index (χ0n) is 10.1. The minimum Gasteiger partial charge on any atom is -0.315 e. The number of hydrogen-bond acceptors (Lipinski definition) is 3. The summed E-state index contributed by atoms with van der Waals surface area (Å²) in [4.78, 5) is 1.43. The van der Waals surface area contributed by atoms with Crippen molar-refractivity contribution in [3.05, 3.63) is 29.8 Å². The normalized spacial score (nSPS) is 20.2. The third-order valence-corrected chi connectivity index (χ3v) is 5.54. The predicted octanol–water partition coefficient (Wildman–Crippen LogP) is 2.06. The fourth-order valence-electron chi connectivity index (χ4n) is 1.96. The molecule has 2 atom stereocenters. The number of nitrogens with one attached hydrogen (secondary N) is 1. The molecule has 17 heavy (non-hydrogen) atoms. The maximum absolute atomic E-state index is 11.3. The van der Waals surface area contributed by atoms with Crippen LogP contribution in [0.4, 0.5) is 0 Å². The first-order valence-corrected chi connectivity index (χ1v) is 8.46. The summed E-state index contributed by atoms with van der Waals surface area (Å²) in [7, 11) is -0.639. The summed E-state index contributed by atoms with van der Waals surface area (Å²) in [6.45, 7) is 3.85. The van der Waals surface area contributed by atoms with Gasteiger partial charge in [0.25, 0.3) is 0 Å². The van der Waals surface area contributed by atoms with Gasteiger partial charge in [-0.05, 0) is 18.1 Å². The molecule has 2 rings (SSSR count). The van der Waals surface area contributed by atoms with Crippen molar-refractivity contribution in [2.24, 2.45) is 0 Å². The molecule has 94 valence electrons. The molecule has 0 saturated heterocycles. The van der Waals surface area contributed by atoms with Crippen LogP contribution in [0.3, 0.4) is 0 Å². The van der Waals surface area contributed by atoms with E-state index < -0.39 is 10.8 Å². The molecule has 0 bridgehead atoms. The Kier molecular flexibility index (Phi) is 5.07. The number of rotatable bonds is 6. The molecule has 0 radical (unpaired) electrons. The van der Waals surface area contributed by atoms with E-state index in [4.69, 9.17) is 0 Å². The summed E-state index contributed by atoms with van der Waals surface area (Å²) in [5.74, 6) is 1.55. The molecule has 2 nitrogen and oxygen atoms in total. The fraction of sp³-hybridized carbons (Fsp3) is 0.538. The van der Waals surface area contributed by atoms with Gasteiger partial charge in [0, 0.05) is 45.5 Å². The minimum absolute atomic E-state index is 0.639. The molecule has 1 aromatic carbocycles. The minimum atomic E-state index is -0.639. The van der Waals surface area contributed by atoms with Crippen molar-refractivity contribution in [1.82, 2.24) is 5.32 Å². The maximum Gasteiger partial charge on any atom is 0.0359 e. The summed E-state index contributed by atoms with van der Waals surface area (Å²) in [5, 5.41) is 4.05. The van der Waals surface area contributed by atoms with Crippen LogP contribution in [0, 0.1) is 0 Å². The monoisotopic (exact) mass is 269 g/mol. The second kappa shape index (κ2) is 6.57. The van der Waals surface area contributed by atoms with Crippen molar-refractivity contribution in [3.8, 4) is 0 Å². The fourth-order valence-corrected chi connectivity index (χ4v) is 3.90. The van der Waals surface area contributed by atoms with Gasteiger partial charge in [0.05, 0.1) is 0 Å². The van der Waals surface area contributed by atoms with E-state index in [9.17, 15) is 4.21 Å². The lowest BCUT2D eigenvalue weighted by atomic mass is 10.1. The summed E-state index contributed by atoms with van der Waals surface area (Å²) in [6, 6.07) is 8.63. The van der Waals surface area contributed by atoms with Crippen LogP contribution in [0.1, 0.15) is 12.5 Å². The summed E-state index contributed by atoms with van der Waals surface area (Å²) in [6.07, 6.45) is 1.16. The van der Waals surface area contributed by atoms with E-state index in [-0.39, 0.29) is 0 Å². The zero-order chi connectivity index (χ0) is 12.1. The topological polar surface area (TPSA) is 29.1 Å². The third kappa shape index (κ3) is 3.83. The highest BCUT2D eigenvalue weighted by Gasteiger charge is 2.20. The summed E-state index contributed by atoms with van der Waals surface area (Å²) >= 11 is 1.96. The van der Waals surface area contributed by atoms with Crippen LogP contribution < -0.4 is 5.32 Å². The van der Waals surface area contributed by atoms with Crippen molar-refractivity contribution < 1.29 is 4.21 Å². The molecule has 2 unspecified atom stereocenters. The Morgan fingerprint density at radius 3 is 3.06 bits per heavy atom. The van der Waals surface area contributed by atoms with Crippen molar-refractivity contribution in [1.29, 1.82) is 0 Å². The third-order valence-electron chi connectivity index (χ3n) is 2.91. The second-order valence-corrected chi connectivity index (χ2v) is 7.40. The van der Waals surface area contributed by atoms with Gasteiger partial charge >= 0.3 is 0 Å². The standard InChI is InChI=1S/C13H19NOS2/c1-2-17(15)8-7-14-10-12-9-11-5-3-4-6-13(11)16-12/h3-6,12,14H,2,7-10H2,1H3. The Hall–Kier alpha value is -0.320. The van der Waals surface area contributed by atoms with E-state index in [2.05, 4.69) is 29.6 Å². The Morgan fingerprint density at radius 1 is 1.47 bits per heavy atom. The van der Waals surface area contributed by atoms with Crippen molar-refractivity contribution in [2.45, 2.75) is 23.5 Å². The molecule has 4 heteroatoms. The molecular formula is C13H19NOS2. The van der Waals surface area contributed by atoms with Gasteiger partial charge in [-0.15, -0.1) is 11.8 Å². The molecule has 1 heterocycles. The average Bonchev–Trinajstić information content (AvgIpc) is 2.76. The lowest BCUT2D eigenvalue weighted by Crippen LogP contribution is -2.28. The summed E-state index contributed by atoms with van der Waals surface area (Å²) in [5.41, 5.74) is 1.47. The van der Waals surface area contributed by atoms with Gasteiger partial charge in [0.1, 0.15) is 0 Å². The molecule has 0 saturated carbocycles. The van der Waals surface area contributed by atoms with Crippen LogP contribution in [-0.2, 0) is 17.2 Å². The van der Waals surface area contributed by atoms with Gasteiger partial charge in [0.15, 0.2) is 0 Å². The van der Waals surface area contributed by atoms with E-state index in [0.717, 1.165) is 31.0 Å². The van der Waals surface area contributed by atoms with Gasteiger partial charge in [-0.1, -0.05) is 25.1 Å². The highest BCUT2D eigenvalue weighted by Crippen LogP contribution is 2.36. The van der Waals surface area contributed by atoms with Crippen LogP contribution in [0.2, 0.25) is 0 Å². The van der Waals surface area contributed by atoms with Crippen LogP contribution >= 0.6 is 11.8 Å². The predicted molar refractivity (Wildman–Crippen MR) is 76.2 cm³/mol. The first-order chi connectivity index (χ1) is 8.29. The van der Waals surface area contributed by atoms with Gasteiger partial charge in [0.2, 0.25) is 0 Å². The molecule has 0 fully saturated rings. The van der Waals surface area contributed by atoms with E-state index in [1.54, 1.807) is 0 Å². The van der Waals surface area contributed by atoms with Crippen LogP contribution in [0.5, 0.6) is 0 Å². The van der Waals surface area contributed by atoms with Crippen LogP contribution in [-0.4, -0.2) is 34.1 Å². The first kappa shape index (κ1) is 13.1. The van der Waals surface area contributed by atoms with E-state index in [0.29, 0.717) is 5.25 Å². The zero-order valence-corrected chi connectivity index (χ0v) is 11.8. The largest absolute Gasteiger partial charge is 0.315 e. The number of hydrogen-bond donors (Lipinski definition) is 1. The van der Waals surface area contributed by atoms with Gasteiger partial charge < -0.3 is 5.32 Å². The average molecular weight is 269 g/mol. The van der Waals surface area contributed by atoms with Crippen LogP contribution in [0.15, 0.2) is 29.2 Å². The quantitative estimate of drug-likeness (QED) is 0.802. The number of fused-ring (bicyclic) bond motifs is 1. The lowest BCUT2D eigenvalue weighted by Gasteiger charge is -2.09. The van der Waals surface area contributed by atoms with Gasteiger partial charge in [-0.3, -0.25) is 4.21 Å². The van der Waals surface area contributed by atoms with Gasteiger partial charge in [-0.25, -0.2) is 0 Å². The molecule has 1 aliphatic heterocycles. The van der Waals surface area contributed by atoms with E-state index in [1.165, 1.54) is 10.5 Å². The van der Waals surface area contributed by atoms with Crippen LogP contribution in [0.25, 0.3) is 0 Å². The Labute approximate surface area is 110 Å². The number of benzene rings is 1. The molecule has 1 aliphatic rings. The maximum atomic E-state index is 11.3. The molecule has 1 aromatic rings. The highest BCUT2D eigenvalue weighted by atomic mass is 32.2. The molecule has 0 spiro atoms. The Morgan fingerprint density at radius 2 is 2.29 bits per heavy atom. The lowest BCUT2D eigenvalue weighted by molar-refractivity contribution is 0.667.